The van der Waals surface area contributed by atoms with Crippen molar-refractivity contribution in [3.63, 3.8) is 0 Å². The summed E-state index contributed by atoms with van der Waals surface area (Å²) in [6.07, 6.45) is 16.7. The highest BCUT2D eigenvalue weighted by Crippen LogP contribution is 2.69. The second kappa shape index (κ2) is 21.7. The second-order valence-corrected chi connectivity index (χ2v) is 17.7. The van der Waals surface area contributed by atoms with E-state index in [0.29, 0.717) is 19.3 Å². The highest BCUT2D eigenvalue weighted by atomic mass is 16.7. The highest BCUT2D eigenvalue weighted by Gasteiger charge is 2.75. The van der Waals surface area contributed by atoms with Crippen molar-refractivity contribution in [2.45, 2.75) is 129 Å². The van der Waals surface area contributed by atoms with Gasteiger partial charge in [-0.05, 0) is 75.9 Å². The van der Waals surface area contributed by atoms with Crippen molar-refractivity contribution in [3.05, 3.63) is 23.8 Å². The molecule has 17 heteroatoms. The molecule has 342 valence electrons. The fourth-order valence-corrected chi connectivity index (χ4v) is 10.5. The molecule has 2 unspecified atom stereocenters. The molecule has 0 aromatic carbocycles. The molecule has 0 radical (unpaired) electrons. The lowest BCUT2D eigenvalue weighted by Gasteiger charge is -2.59. The van der Waals surface area contributed by atoms with E-state index in [9.17, 15) is 38.7 Å². The summed E-state index contributed by atoms with van der Waals surface area (Å²) in [4.78, 5) is 87.6. The Morgan fingerprint density at radius 1 is 0.935 bits per heavy atom. The maximum absolute atomic E-state index is 14.4. The largest absolute Gasteiger partial charge is 0.393 e. The first-order valence-corrected chi connectivity index (χ1v) is 22.0. The number of unbranched alkanes of at least 4 members (excludes halogenated alkanes) is 3. The molecule has 5 amide bonds. The highest BCUT2D eigenvalue weighted by molar-refractivity contribution is 6.01. The molecule has 1 saturated heterocycles. The van der Waals surface area contributed by atoms with Crippen LogP contribution in [0.25, 0.3) is 0 Å². The molecule has 5 rings (SSSR count). The molecule has 4 aliphatic carbocycles. The van der Waals surface area contributed by atoms with Gasteiger partial charge in [0.25, 0.3) is 0 Å². The predicted molar refractivity (Wildman–Crippen MR) is 224 cm³/mol. The van der Waals surface area contributed by atoms with Gasteiger partial charge in [0.15, 0.2) is 23.5 Å². The molecule has 10 atom stereocenters. The van der Waals surface area contributed by atoms with E-state index in [1.807, 2.05) is 26.8 Å². The molecule has 0 bridgehead atoms. The first-order chi connectivity index (χ1) is 29.6. The van der Waals surface area contributed by atoms with Crippen LogP contribution in [0.1, 0.15) is 98.3 Å². The van der Waals surface area contributed by atoms with Crippen molar-refractivity contribution in [2.24, 2.45) is 28.6 Å². The molecular weight excluding hydrogens is 803 g/mol. The summed E-state index contributed by atoms with van der Waals surface area (Å²) in [6, 6.07) is 0. The number of carbonyl (C=O) groups is 7. The second-order valence-electron chi connectivity index (χ2n) is 17.7. The van der Waals surface area contributed by atoms with E-state index in [2.05, 4.69) is 39.4 Å². The van der Waals surface area contributed by atoms with E-state index in [4.69, 9.17) is 25.4 Å². The summed E-state index contributed by atoms with van der Waals surface area (Å²) in [7, 11) is 0. The molecule has 1 aliphatic heterocycles. The van der Waals surface area contributed by atoms with Crippen molar-refractivity contribution in [1.82, 2.24) is 26.6 Å². The van der Waals surface area contributed by atoms with Gasteiger partial charge in [0, 0.05) is 23.2 Å². The third-order valence-electron chi connectivity index (χ3n) is 13.5. The molecule has 1 heterocycles. The van der Waals surface area contributed by atoms with Crippen molar-refractivity contribution in [2.75, 3.05) is 46.1 Å². The van der Waals surface area contributed by atoms with Crippen LogP contribution in [-0.4, -0.2) is 123 Å². The van der Waals surface area contributed by atoms with Crippen LogP contribution in [0.2, 0.25) is 0 Å². The Morgan fingerprint density at radius 3 is 2.23 bits per heavy atom. The zero-order valence-corrected chi connectivity index (χ0v) is 36.5. The van der Waals surface area contributed by atoms with Crippen LogP contribution >= 0.6 is 0 Å². The summed E-state index contributed by atoms with van der Waals surface area (Å²) in [5, 5.41) is 23.9. The number of terminal acetylenes is 1. The Morgan fingerprint density at radius 2 is 1.58 bits per heavy atom. The third-order valence-corrected chi connectivity index (χ3v) is 13.5. The van der Waals surface area contributed by atoms with Crippen molar-refractivity contribution >= 4 is 41.1 Å². The summed E-state index contributed by atoms with van der Waals surface area (Å²) >= 11 is 0. The average Bonchev–Trinajstić information content (AvgIpc) is 3.72. The third kappa shape index (κ3) is 11.2. The molecule has 17 nitrogen and oxygen atoms in total. The van der Waals surface area contributed by atoms with Gasteiger partial charge in [0.05, 0.1) is 44.5 Å². The Bertz CT molecular complexity index is 1800. The summed E-state index contributed by atoms with van der Waals surface area (Å²) < 4.78 is 24.3. The standard InChI is InChI=1S/C45H65N5O12/c1-6-8-9-10-11-13-28(3)60-26-40(58)49-23-38(56)47-21-36(54)46-22-37(55)48-24-39(57)50-27-59-25-34(53)45-35(61-41(62-45)12-7-2)19-32-31-15-14-29-18-30(51)16-17-43(29,4)42(31)33(52)20-44(32,45)5/h1,16-18,28,31-33,35,41-42,52H,7-15,19-27H2,2-5H3,(H,46,54)(H,47,56)(H,48,55)(H,49,58)(H,50,57)/t28?,31-,32-,33-,35+,41?,42+,43-,44-,45+/m0/s1. The van der Waals surface area contributed by atoms with Gasteiger partial charge < -0.3 is 50.6 Å². The molecule has 4 fully saturated rings. The van der Waals surface area contributed by atoms with E-state index in [1.54, 1.807) is 12.2 Å². The number of aliphatic hydroxyl groups excluding tert-OH is 1. The van der Waals surface area contributed by atoms with Crippen LogP contribution in [0.15, 0.2) is 23.8 Å². The minimum absolute atomic E-state index is 0.00798. The number of amides is 5. The lowest BCUT2D eigenvalue weighted by atomic mass is 9.46. The number of rotatable bonds is 23. The van der Waals surface area contributed by atoms with E-state index in [1.165, 1.54) is 0 Å². The van der Waals surface area contributed by atoms with Gasteiger partial charge in [0.1, 0.15) is 19.9 Å². The quantitative estimate of drug-likeness (QED) is 0.0484. The van der Waals surface area contributed by atoms with Crippen LogP contribution in [0, 0.1) is 40.9 Å². The van der Waals surface area contributed by atoms with Crippen molar-refractivity contribution < 1.29 is 57.6 Å². The van der Waals surface area contributed by atoms with E-state index in [0.717, 1.165) is 56.9 Å². The number of Topliss-reactive ketones (excluding diaryl/α,β-unsaturated/α-hetero) is 1. The Balaban J connectivity index is 0.995. The zero-order valence-electron chi connectivity index (χ0n) is 36.5. The first-order valence-electron chi connectivity index (χ1n) is 22.0. The summed E-state index contributed by atoms with van der Waals surface area (Å²) in [5.74, 6) is -0.832. The normalized spacial score (nSPS) is 30.9. The Hall–Kier alpha value is -4.47. The first kappa shape index (κ1) is 48.6. The van der Waals surface area contributed by atoms with Gasteiger partial charge in [-0.3, -0.25) is 33.6 Å². The molecule has 62 heavy (non-hydrogen) atoms. The Labute approximate surface area is 364 Å². The lowest BCUT2D eigenvalue weighted by Crippen LogP contribution is -2.63. The average molecular weight is 868 g/mol. The molecule has 0 aromatic heterocycles. The summed E-state index contributed by atoms with van der Waals surface area (Å²) in [6.45, 7) is 5.38. The number of hydrogen-bond acceptors (Lipinski definition) is 12. The molecule has 5 aliphatic rings. The van der Waals surface area contributed by atoms with Crippen LogP contribution in [0.3, 0.4) is 0 Å². The fraction of sp³-hybridized carbons (Fsp3) is 0.711. The maximum atomic E-state index is 14.4. The van der Waals surface area contributed by atoms with E-state index in [-0.39, 0.29) is 61.9 Å². The molecule has 0 spiro atoms. The predicted octanol–water partition coefficient (Wildman–Crippen LogP) is 1.27. The minimum Gasteiger partial charge on any atom is -0.393 e. The number of ether oxygens (including phenoxy) is 4. The Kier molecular flexibility index (Phi) is 17.0. The molecule has 6 N–H and O–H groups in total. The van der Waals surface area contributed by atoms with Gasteiger partial charge in [0.2, 0.25) is 29.5 Å². The number of allylic oxidation sites excluding steroid dienone is 4. The number of aliphatic hydroxyl groups is 1. The van der Waals surface area contributed by atoms with Crippen LogP contribution < -0.4 is 26.6 Å². The van der Waals surface area contributed by atoms with Crippen molar-refractivity contribution in [1.29, 1.82) is 0 Å². The van der Waals surface area contributed by atoms with E-state index < -0.39 is 84.1 Å². The number of fused-ring (bicyclic) bond motifs is 7. The smallest absolute Gasteiger partial charge is 0.246 e. The topological polar surface area (TPSA) is 237 Å². The van der Waals surface area contributed by atoms with Crippen LogP contribution in [-0.2, 0) is 52.5 Å². The zero-order chi connectivity index (χ0) is 45.1. The number of nitrogens with one attached hydrogen (secondary N) is 5. The SMILES string of the molecule is C#CCCCCCC(C)OCC(=O)NCC(=O)NCC(=O)NCC(=O)NCC(=O)NCOCC(=O)[C@@]12OC(CCC)O[C@@H]1C[C@H]1[C@@H]3CCC4=CC(=O)C=C[C@]4(C)[C@H]3[C@@H](O)C[C@@]12C. The van der Waals surface area contributed by atoms with Gasteiger partial charge >= 0.3 is 0 Å². The molecular formula is C45H65N5O12. The molecule has 0 aromatic rings. The molecule has 3 saturated carbocycles. The van der Waals surface area contributed by atoms with Gasteiger partial charge in [-0.1, -0.05) is 51.7 Å². The van der Waals surface area contributed by atoms with Crippen molar-refractivity contribution in [3.8, 4) is 12.3 Å². The van der Waals surface area contributed by atoms with Crippen LogP contribution in [0.4, 0.5) is 0 Å². The fourth-order valence-electron chi connectivity index (χ4n) is 10.5. The summed E-state index contributed by atoms with van der Waals surface area (Å²) in [5.41, 5.74) is -1.55. The monoisotopic (exact) mass is 867 g/mol. The van der Waals surface area contributed by atoms with Gasteiger partial charge in [-0.25, -0.2) is 0 Å². The number of ketones is 2. The van der Waals surface area contributed by atoms with E-state index >= 15 is 0 Å². The van der Waals surface area contributed by atoms with Gasteiger partial charge in [-0.2, -0.15) is 0 Å². The number of carbonyl (C=O) groups excluding carboxylic acids is 7. The number of hydrogen-bond donors (Lipinski definition) is 6. The lowest BCUT2D eigenvalue weighted by molar-refractivity contribution is -0.201. The van der Waals surface area contributed by atoms with Gasteiger partial charge in [-0.15, -0.1) is 12.3 Å². The minimum atomic E-state index is -1.36. The van der Waals surface area contributed by atoms with Crippen LogP contribution in [0.5, 0.6) is 0 Å². The maximum Gasteiger partial charge on any atom is 0.246 e.